The number of rotatable bonds is 0. The molecule has 0 saturated carbocycles. The van der Waals surface area contributed by atoms with E-state index < -0.39 is 8.60 Å². The molecule has 0 aromatic heterocycles. The van der Waals surface area contributed by atoms with Crippen LogP contribution < -0.4 is 0 Å². The van der Waals surface area contributed by atoms with Gasteiger partial charge in [0.2, 0.25) is 0 Å². The second-order valence-electron chi connectivity index (χ2n) is 0.268. The van der Waals surface area contributed by atoms with E-state index in [0.717, 1.165) is 0 Å². The van der Waals surface area contributed by atoms with Crippen LogP contribution >= 0.6 is 32.6 Å². The van der Waals surface area contributed by atoms with Gasteiger partial charge in [-0.05, 0) is 0 Å². The van der Waals surface area contributed by atoms with E-state index in [2.05, 4.69) is 20.8 Å². The zero-order chi connectivity index (χ0) is 9.58. The molecule has 3 N–H and O–H groups in total. The molecule has 0 atom stereocenters. The normalized spacial score (nSPS) is 4.50. The van der Waals surface area contributed by atoms with Crippen LogP contribution in [0.2, 0.25) is 0 Å². The summed E-state index contributed by atoms with van der Waals surface area (Å²) in [6.45, 7) is 15.0. The maximum Gasteiger partial charge on any atom is 0.324 e. The molecule has 1 radical (unpaired) electrons. The molecular formula is C6H19CuIO3P-3. The Balaban J connectivity index is -0.0000000101. The predicted molar refractivity (Wildman–Crippen MR) is 62.1 cm³/mol. The molecule has 0 heterocycles. The van der Waals surface area contributed by atoms with E-state index in [-0.39, 0.29) is 41.0 Å². The van der Waals surface area contributed by atoms with Gasteiger partial charge in [-0.1, -0.05) is 0 Å². The van der Waals surface area contributed by atoms with E-state index >= 15 is 0 Å². The van der Waals surface area contributed by atoms with Crippen molar-refractivity contribution >= 4 is 32.6 Å². The molecule has 6 heteroatoms. The first-order valence-electron chi connectivity index (χ1n) is 2.72. The van der Waals surface area contributed by atoms with Crippen molar-refractivity contribution in [3.8, 4) is 0 Å². The van der Waals surface area contributed by atoms with Crippen LogP contribution in [0, 0.1) is 20.8 Å². The SMILES string of the molecule is I.OP(O)O.[CH2-]C.[CH2-]C.[CH2-]C.[Cu]. The number of hydrogen-bond acceptors (Lipinski definition) is 3. The van der Waals surface area contributed by atoms with Gasteiger partial charge in [-0.2, -0.15) is 20.8 Å². The molecule has 0 aromatic rings. The Bertz CT molecular complexity index is 27.5. The van der Waals surface area contributed by atoms with Crippen molar-refractivity contribution < 1.29 is 31.7 Å². The van der Waals surface area contributed by atoms with Crippen LogP contribution in [0.15, 0.2) is 0 Å². The van der Waals surface area contributed by atoms with Crippen molar-refractivity contribution in [2.24, 2.45) is 0 Å². The molecule has 0 rings (SSSR count). The number of halogens is 1. The van der Waals surface area contributed by atoms with Crippen LogP contribution in [0.5, 0.6) is 0 Å². The third-order valence-electron chi connectivity index (χ3n) is 0. The van der Waals surface area contributed by atoms with E-state index in [1.807, 2.05) is 0 Å². The summed E-state index contributed by atoms with van der Waals surface area (Å²) in [5.74, 6) is 0. The van der Waals surface area contributed by atoms with Crippen molar-refractivity contribution in [1.29, 1.82) is 0 Å². The first-order chi connectivity index (χ1) is 4.73. The largest absolute Gasteiger partial charge is 0.346 e. The van der Waals surface area contributed by atoms with E-state index in [4.69, 9.17) is 14.7 Å². The van der Waals surface area contributed by atoms with Crippen molar-refractivity contribution in [2.75, 3.05) is 0 Å². The first kappa shape index (κ1) is 37.4. The van der Waals surface area contributed by atoms with Crippen LogP contribution in [0.1, 0.15) is 20.8 Å². The molecule has 0 bridgehead atoms. The second-order valence-corrected chi connectivity index (χ2v) is 0.805. The molecule has 0 saturated heterocycles. The maximum absolute atomic E-state index is 7.23. The van der Waals surface area contributed by atoms with Gasteiger partial charge in [0.25, 0.3) is 0 Å². The fraction of sp³-hybridized carbons (Fsp3) is 0.500. The van der Waals surface area contributed by atoms with Crippen LogP contribution in [0.3, 0.4) is 0 Å². The summed E-state index contributed by atoms with van der Waals surface area (Å²) in [6.07, 6.45) is 0. The summed E-state index contributed by atoms with van der Waals surface area (Å²) in [4.78, 5) is 21.7. The van der Waals surface area contributed by atoms with Gasteiger partial charge in [-0.25, -0.2) is 0 Å². The summed E-state index contributed by atoms with van der Waals surface area (Å²) in [6, 6.07) is 0. The molecule has 0 aromatic carbocycles. The van der Waals surface area contributed by atoms with Gasteiger partial charge >= 0.3 is 8.60 Å². The molecule has 0 unspecified atom stereocenters. The average Bonchev–Trinajstić information content (AvgIpc) is 1.98. The van der Waals surface area contributed by atoms with Crippen molar-refractivity contribution in [3.63, 3.8) is 0 Å². The second kappa shape index (κ2) is 80.7. The molecule has 0 amide bonds. The van der Waals surface area contributed by atoms with Gasteiger partial charge in [0.05, 0.1) is 0 Å². The third-order valence-corrected chi connectivity index (χ3v) is 0. The van der Waals surface area contributed by atoms with Crippen LogP contribution in [-0.2, 0) is 17.1 Å². The molecule has 0 aliphatic heterocycles. The summed E-state index contributed by atoms with van der Waals surface area (Å²) in [5.41, 5.74) is 0. The third kappa shape index (κ3) is 530. The zero-order valence-corrected chi connectivity index (χ0v) is 11.8. The molecular weight excluding hydrogens is 341 g/mol. The van der Waals surface area contributed by atoms with Crippen LogP contribution in [0.25, 0.3) is 0 Å². The Kier molecular flexibility index (Phi) is 252. The van der Waals surface area contributed by atoms with E-state index in [9.17, 15) is 0 Å². The standard InChI is InChI=1S/3C2H5.Cu.HI.H3O3P/c3*1-2;;;1-4(2)3/h3*1H2,2H3;;1H;1-3H/q3*-1;;;. The molecule has 0 aliphatic rings. The minimum atomic E-state index is -2.62. The Morgan fingerprint density at radius 3 is 0.750 bits per heavy atom. The van der Waals surface area contributed by atoms with Gasteiger partial charge < -0.3 is 35.5 Å². The van der Waals surface area contributed by atoms with Crippen molar-refractivity contribution in [3.05, 3.63) is 20.8 Å². The minimum Gasteiger partial charge on any atom is -0.346 e. The molecule has 0 spiro atoms. The van der Waals surface area contributed by atoms with Crippen molar-refractivity contribution in [2.45, 2.75) is 20.8 Å². The first-order valence-corrected chi connectivity index (χ1v) is 3.92. The minimum absolute atomic E-state index is 0. The monoisotopic (exact) mass is 360 g/mol. The average molecular weight is 361 g/mol. The topological polar surface area (TPSA) is 60.7 Å². The van der Waals surface area contributed by atoms with E-state index in [1.54, 1.807) is 20.8 Å². The van der Waals surface area contributed by atoms with Crippen molar-refractivity contribution in [1.82, 2.24) is 0 Å². The number of hydrogen-bond donors (Lipinski definition) is 3. The van der Waals surface area contributed by atoms with E-state index in [0.29, 0.717) is 0 Å². The molecule has 3 nitrogen and oxygen atoms in total. The van der Waals surface area contributed by atoms with Gasteiger partial charge in [-0.15, -0.1) is 24.0 Å². The summed E-state index contributed by atoms with van der Waals surface area (Å²) in [5, 5.41) is 0. The summed E-state index contributed by atoms with van der Waals surface area (Å²) in [7, 11) is -2.62. The maximum atomic E-state index is 7.23. The molecule has 0 aliphatic carbocycles. The summed E-state index contributed by atoms with van der Waals surface area (Å²) >= 11 is 0. The van der Waals surface area contributed by atoms with Gasteiger partial charge in [0, 0.05) is 17.1 Å². The quantitative estimate of drug-likeness (QED) is 0.269. The molecule has 0 fully saturated rings. The van der Waals surface area contributed by atoms with Gasteiger partial charge in [0.1, 0.15) is 0 Å². The predicted octanol–water partition coefficient (Wildman–Crippen LogP) is 2.33. The Labute approximate surface area is 105 Å². The smallest absolute Gasteiger partial charge is 0.324 e. The van der Waals surface area contributed by atoms with Gasteiger partial charge in [-0.3, -0.25) is 0 Å². The molecule has 87 valence electrons. The fourth-order valence-electron chi connectivity index (χ4n) is 0. The fourth-order valence-corrected chi connectivity index (χ4v) is 0. The molecule has 12 heavy (non-hydrogen) atoms. The Hall–Kier alpha value is 1.56. The Morgan fingerprint density at radius 2 is 0.750 bits per heavy atom. The van der Waals surface area contributed by atoms with E-state index in [1.165, 1.54) is 0 Å². The Morgan fingerprint density at radius 1 is 0.750 bits per heavy atom. The summed E-state index contributed by atoms with van der Waals surface area (Å²) < 4.78 is 0. The van der Waals surface area contributed by atoms with Gasteiger partial charge in [0.15, 0.2) is 0 Å². The zero-order valence-electron chi connectivity index (χ0n) is 7.62. The van der Waals surface area contributed by atoms with Crippen LogP contribution in [-0.4, -0.2) is 14.7 Å². The van der Waals surface area contributed by atoms with Crippen LogP contribution in [0.4, 0.5) is 0 Å².